The number of thioether (sulfide) groups is 1. The maximum absolute atomic E-state index is 11.7. The Morgan fingerprint density at radius 2 is 1.40 bits per heavy atom. The second-order valence-electron chi connectivity index (χ2n) is 8.66. The number of hydrogen-bond acceptors (Lipinski definition) is 9. The van der Waals surface area contributed by atoms with Crippen molar-refractivity contribution in [2.75, 3.05) is 72.5 Å². The lowest BCUT2D eigenvalue weighted by molar-refractivity contribution is -0.141. The molecule has 0 amide bonds. The fraction of sp³-hybridized carbons (Fsp3) is 0.565. The van der Waals surface area contributed by atoms with E-state index in [0.717, 1.165) is 22.2 Å². The Labute approximate surface area is 209 Å². The number of benzene rings is 1. The Hall–Kier alpha value is -2.69. The summed E-state index contributed by atoms with van der Waals surface area (Å²) in [5.41, 5.74) is 1.00. The zero-order chi connectivity index (χ0) is 25.8. The zero-order valence-electron chi connectivity index (χ0n) is 19.9. The van der Waals surface area contributed by atoms with E-state index in [-0.39, 0.29) is 25.7 Å². The molecule has 3 N–H and O–H groups in total. The predicted octanol–water partition coefficient (Wildman–Crippen LogP) is 0.276. The number of nitriles is 1. The van der Waals surface area contributed by atoms with Crippen LogP contribution in [0.1, 0.15) is 5.56 Å². The van der Waals surface area contributed by atoms with Crippen LogP contribution < -0.4 is 0 Å². The van der Waals surface area contributed by atoms with Crippen LogP contribution in [0.5, 0.6) is 0 Å². The molecule has 1 unspecified atom stereocenters. The van der Waals surface area contributed by atoms with Crippen LogP contribution in [0, 0.1) is 10.7 Å². The first-order valence-corrected chi connectivity index (χ1v) is 12.2. The van der Waals surface area contributed by atoms with Gasteiger partial charge in [-0.25, -0.2) is 0 Å². The highest BCUT2D eigenvalue weighted by atomic mass is 32.2. The van der Waals surface area contributed by atoms with Gasteiger partial charge in [-0.2, -0.15) is 5.26 Å². The summed E-state index contributed by atoms with van der Waals surface area (Å²) in [5, 5.41) is 39.1. The predicted molar refractivity (Wildman–Crippen MR) is 130 cm³/mol. The number of rotatable bonds is 9. The molecule has 1 aliphatic heterocycles. The molecule has 2 rings (SSSR count). The Bertz CT molecular complexity index is 893. The molecule has 0 saturated carbocycles. The van der Waals surface area contributed by atoms with Crippen molar-refractivity contribution in [2.24, 2.45) is 0 Å². The molecule has 1 fully saturated rings. The van der Waals surface area contributed by atoms with Crippen molar-refractivity contribution in [3.05, 3.63) is 29.8 Å². The minimum Gasteiger partial charge on any atom is -0.480 e. The number of carboxylic acids is 3. The third kappa shape index (κ3) is 11.1. The fourth-order valence-electron chi connectivity index (χ4n) is 4.13. The molecular formula is C23H33N5O6S. The van der Waals surface area contributed by atoms with E-state index in [1.807, 2.05) is 41.6 Å². The Kier molecular flexibility index (Phi) is 11.9. The van der Waals surface area contributed by atoms with Gasteiger partial charge >= 0.3 is 17.9 Å². The summed E-state index contributed by atoms with van der Waals surface area (Å²) in [6.07, 6.45) is 0.576. The molecule has 0 aromatic heterocycles. The van der Waals surface area contributed by atoms with Gasteiger partial charge in [0.25, 0.3) is 0 Å². The van der Waals surface area contributed by atoms with Crippen LogP contribution >= 0.6 is 11.8 Å². The van der Waals surface area contributed by atoms with Crippen LogP contribution in [0.4, 0.5) is 0 Å². The second kappa shape index (κ2) is 14.7. The van der Waals surface area contributed by atoms with E-state index in [4.69, 9.17) is 5.26 Å². The van der Waals surface area contributed by atoms with Gasteiger partial charge in [0.1, 0.15) is 5.40 Å². The average Bonchev–Trinajstić information content (AvgIpc) is 2.77. The summed E-state index contributed by atoms with van der Waals surface area (Å²) in [6, 6.07) is 7.43. The molecule has 0 aliphatic carbocycles. The summed E-state index contributed by atoms with van der Waals surface area (Å²) in [5.74, 6) is -2.88. The highest BCUT2D eigenvalue weighted by Gasteiger charge is 2.25. The van der Waals surface area contributed by atoms with Crippen LogP contribution in [-0.4, -0.2) is 131 Å². The van der Waals surface area contributed by atoms with Gasteiger partial charge in [0.15, 0.2) is 0 Å². The minimum absolute atomic E-state index is 0.129. The van der Waals surface area contributed by atoms with Crippen LogP contribution in [0.3, 0.4) is 0 Å². The molecule has 11 nitrogen and oxygen atoms in total. The molecule has 1 aromatic rings. The molecule has 1 aromatic carbocycles. The average molecular weight is 508 g/mol. The van der Waals surface area contributed by atoms with Crippen molar-refractivity contribution in [1.29, 1.82) is 5.26 Å². The van der Waals surface area contributed by atoms with Crippen molar-refractivity contribution < 1.29 is 29.7 Å². The van der Waals surface area contributed by atoms with Crippen molar-refractivity contribution in [1.82, 2.24) is 19.6 Å². The number of carbonyl (C=O) groups is 3. The molecule has 1 saturated heterocycles. The van der Waals surface area contributed by atoms with Gasteiger partial charge in [-0.3, -0.25) is 29.1 Å². The Balaban J connectivity index is 2.27. The molecule has 12 heteroatoms. The SMILES string of the molecule is CN1CCN(CC(=O)O)CCN(CC(=O)O)CCN(CC(=O)O)C(Cc2ccc(SC#N)cc2)C1. The lowest BCUT2D eigenvalue weighted by Gasteiger charge is -2.37. The third-order valence-electron chi connectivity index (χ3n) is 5.89. The lowest BCUT2D eigenvalue weighted by atomic mass is 10.0. The summed E-state index contributed by atoms with van der Waals surface area (Å²) >= 11 is 1.07. The molecule has 1 atom stereocenters. The van der Waals surface area contributed by atoms with Gasteiger partial charge < -0.3 is 20.2 Å². The summed E-state index contributed by atoms with van der Waals surface area (Å²) in [4.78, 5) is 42.7. The van der Waals surface area contributed by atoms with Gasteiger partial charge in [-0.15, -0.1) is 0 Å². The molecule has 1 heterocycles. The van der Waals surface area contributed by atoms with Gasteiger partial charge in [-0.05, 0) is 42.9 Å². The lowest BCUT2D eigenvalue weighted by Crippen LogP contribution is -2.52. The van der Waals surface area contributed by atoms with Crippen molar-refractivity contribution in [3.63, 3.8) is 0 Å². The molecule has 0 radical (unpaired) electrons. The first-order chi connectivity index (χ1) is 16.7. The summed E-state index contributed by atoms with van der Waals surface area (Å²) < 4.78 is 0. The fourth-order valence-corrected chi connectivity index (χ4v) is 4.51. The highest BCUT2D eigenvalue weighted by Crippen LogP contribution is 2.19. The molecular weight excluding hydrogens is 474 g/mol. The molecule has 0 bridgehead atoms. The van der Waals surface area contributed by atoms with Crippen LogP contribution in [0.15, 0.2) is 29.2 Å². The van der Waals surface area contributed by atoms with Crippen molar-refractivity contribution >= 4 is 29.7 Å². The van der Waals surface area contributed by atoms with Gasteiger partial charge in [-0.1, -0.05) is 12.1 Å². The quantitative estimate of drug-likeness (QED) is 0.311. The number of likely N-dealkylation sites (N-methyl/N-ethyl adjacent to an activating group) is 1. The van der Waals surface area contributed by atoms with E-state index in [0.29, 0.717) is 52.2 Å². The van der Waals surface area contributed by atoms with Gasteiger partial charge in [0, 0.05) is 56.8 Å². The summed E-state index contributed by atoms with van der Waals surface area (Å²) in [6.45, 7) is 2.61. The normalized spacial score (nSPS) is 19.8. The maximum Gasteiger partial charge on any atom is 0.317 e. The van der Waals surface area contributed by atoms with Gasteiger partial charge in [0.2, 0.25) is 0 Å². The van der Waals surface area contributed by atoms with Crippen molar-refractivity contribution in [3.8, 4) is 5.40 Å². The van der Waals surface area contributed by atoms with Crippen LogP contribution in [0.2, 0.25) is 0 Å². The standard InChI is InChI=1S/C23H33N5O6S/c1-25-6-7-26(14-21(29)30)8-9-27(15-22(31)32)10-11-28(16-23(33)34)19(13-25)12-18-2-4-20(5-3-18)35-17-24/h2-5,19H,6-16H2,1H3,(H,29,30)(H,31,32)(H,33,34). The number of nitrogens with zero attached hydrogens (tertiary/aromatic N) is 5. The first kappa shape index (κ1) is 28.5. The third-order valence-corrected chi connectivity index (χ3v) is 6.49. The Morgan fingerprint density at radius 3 is 1.91 bits per heavy atom. The number of carboxylic acid groups (broad SMARTS) is 3. The monoisotopic (exact) mass is 507 g/mol. The van der Waals surface area contributed by atoms with E-state index in [1.165, 1.54) is 0 Å². The molecule has 192 valence electrons. The van der Waals surface area contributed by atoms with Crippen LogP contribution in [0.25, 0.3) is 0 Å². The number of thiocyanates is 1. The van der Waals surface area contributed by atoms with E-state index in [1.54, 1.807) is 9.80 Å². The molecule has 0 spiro atoms. The minimum atomic E-state index is -0.988. The largest absolute Gasteiger partial charge is 0.480 e. The van der Waals surface area contributed by atoms with Crippen molar-refractivity contribution in [2.45, 2.75) is 17.4 Å². The smallest absolute Gasteiger partial charge is 0.317 e. The molecule has 1 aliphatic rings. The number of aliphatic carboxylic acids is 3. The first-order valence-electron chi connectivity index (χ1n) is 11.3. The topological polar surface area (TPSA) is 149 Å². The summed E-state index contributed by atoms with van der Waals surface area (Å²) in [7, 11) is 1.93. The van der Waals surface area contributed by atoms with E-state index in [9.17, 15) is 29.7 Å². The van der Waals surface area contributed by atoms with E-state index < -0.39 is 17.9 Å². The van der Waals surface area contributed by atoms with Crippen LogP contribution in [-0.2, 0) is 20.8 Å². The van der Waals surface area contributed by atoms with E-state index >= 15 is 0 Å². The zero-order valence-corrected chi connectivity index (χ0v) is 20.7. The molecule has 35 heavy (non-hydrogen) atoms. The second-order valence-corrected chi connectivity index (χ2v) is 9.52. The maximum atomic E-state index is 11.7. The van der Waals surface area contributed by atoms with Gasteiger partial charge in [0.05, 0.1) is 19.6 Å². The Morgan fingerprint density at radius 1 is 0.886 bits per heavy atom. The van der Waals surface area contributed by atoms with E-state index in [2.05, 4.69) is 4.90 Å². The number of hydrogen-bond donors (Lipinski definition) is 3. The highest BCUT2D eigenvalue weighted by molar-refractivity contribution is 8.03.